The third-order valence-corrected chi connectivity index (χ3v) is 3.23. The van der Waals surface area contributed by atoms with Gasteiger partial charge in [-0.3, -0.25) is 4.98 Å². The van der Waals surface area contributed by atoms with Crippen molar-refractivity contribution < 1.29 is 8.42 Å². The standard InChI is InChI=1S/C9H13ClN2O2S/c1-15(13,14)6-8(11)4-7-2-3-12-5-9(7)10/h2-3,5,8H,4,6,11H2,1H3. The lowest BCUT2D eigenvalue weighted by molar-refractivity contribution is 0.591. The lowest BCUT2D eigenvalue weighted by Crippen LogP contribution is -2.31. The van der Waals surface area contributed by atoms with E-state index in [0.29, 0.717) is 11.4 Å². The van der Waals surface area contributed by atoms with Crippen LogP contribution in [-0.2, 0) is 16.3 Å². The number of aromatic nitrogens is 1. The van der Waals surface area contributed by atoms with Crippen LogP contribution in [0.2, 0.25) is 5.02 Å². The first-order valence-electron chi connectivity index (χ1n) is 4.40. The molecule has 0 radical (unpaired) electrons. The predicted molar refractivity (Wildman–Crippen MR) is 60.6 cm³/mol. The smallest absolute Gasteiger partial charge is 0.148 e. The largest absolute Gasteiger partial charge is 0.326 e. The molecule has 6 heteroatoms. The Kier molecular flexibility index (Phi) is 4.07. The summed E-state index contributed by atoms with van der Waals surface area (Å²) in [5, 5.41) is 0.515. The number of hydrogen-bond acceptors (Lipinski definition) is 4. The number of rotatable bonds is 4. The Hall–Kier alpha value is -0.650. The topological polar surface area (TPSA) is 73.0 Å². The highest BCUT2D eigenvalue weighted by Crippen LogP contribution is 2.15. The summed E-state index contributed by atoms with van der Waals surface area (Å²) in [6, 6.07) is 1.31. The summed E-state index contributed by atoms with van der Waals surface area (Å²) < 4.78 is 22.0. The van der Waals surface area contributed by atoms with Crippen LogP contribution in [0.3, 0.4) is 0 Å². The molecule has 0 saturated carbocycles. The van der Waals surface area contributed by atoms with Crippen LogP contribution in [0, 0.1) is 0 Å². The highest BCUT2D eigenvalue weighted by Gasteiger charge is 2.12. The molecule has 1 atom stereocenters. The highest BCUT2D eigenvalue weighted by molar-refractivity contribution is 7.90. The summed E-state index contributed by atoms with van der Waals surface area (Å²) in [4.78, 5) is 3.84. The molecule has 0 aromatic carbocycles. The van der Waals surface area contributed by atoms with Gasteiger partial charge in [-0.25, -0.2) is 8.42 Å². The first kappa shape index (κ1) is 12.4. The van der Waals surface area contributed by atoms with Gasteiger partial charge in [0.2, 0.25) is 0 Å². The number of halogens is 1. The number of pyridine rings is 1. The third kappa shape index (κ3) is 4.59. The monoisotopic (exact) mass is 248 g/mol. The number of nitrogens with zero attached hydrogens (tertiary/aromatic N) is 1. The Labute approximate surface area is 94.4 Å². The fourth-order valence-electron chi connectivity index (χ4n) is 1.30. The minimum atomic E-state index is -3.04. The zero-order valence-electron chi connectivity index (χ0n) is 8.35. The second-order valence-electron chi connectivity index (χ2n) is 3.52. The fourth-order valence-corrected chi connectivity index (χ4v) is 2.39. The first-order valence-corrected chi connectivity index (χ1v) is 6.84. The Balaban J connectivity index is 2.67. The molecule has 0 saturated heterocycles. The van der Waals surface area contributed by atoms with Crippen LogP contribution in [0.4, 0.5) is 0 Å². The van der Waals surface area contributed by atoms with E-state index in [1.807, 2.05) is 0 Å². The molecule has 0 aliphatic carbocycles. The van der Waals surface area contributed by atoms with Crippen molar-refractivity contribution in [2.45, 2.75) is 12.5 Å². The molecule has 1 rings (SSSR count). The van der Waals surface area contributed by atoms with Gasteiger partial charge in [0.1, 0.15) is 9.84 Å². The van der Waals surface area contributed by atoms with Crippen molar-refractivity contribution in [3.63, 3.8) is 0 Å². The van der Waals surface area contributed by atoms with E-state index in [2.05, 4.69) is 4.98 Å². The maximum absolute atomic E-state index is 11.0. The maximum atomic E-state index is 11.0. The molecule has 0 bridgehead atoms. The van der Waals surface area contributed by atoms with Gasteiger partial charge in [-0.2, -0.15) is 0 Å². The van der Waals surface area contributed by atoms with Gasteiger partial charge in [-0.1, -0.05) is 11.6 Å². The van der Waals surface area contributed by atoms with Crippen molar-refractivity contribution in [1.29, 1.82) is 0 Å². The Bertz CT molecular complexity index is 433. The van der Waals surface area contributed by atoms with E-state index in [9.17, 15) is 8.42 Å². The van der Waals surface area contributed by atoms with Gasteiger partial charge in [0, 0.05) is 24.7 Å². The van der Waals surface area contributed by atoms with Crippen LogP contribution in [0.15, 0.2) is 18.5 Å². The van der Waals surface area contributed by atoms with Crippen molar-refractivity contribution in [1.82, 2.24) is 4.98 Å². The van der Waals surface area contributed by atoms with Crippen molar-refractivity contribution in [3.8, 4) is 0 Å². The van der Waals surface area contributed by atoms with Crippen molar-refractivity contribution in [2.75, 3.05) is 12.0 Å². The number of nitrogens with two attached hydrogens (primary N) is 1. The minimum absolute atomic E-state index is 0.0361. The summed E-state index contributed by atoms with van der Waals surface area (Å²) in [7, 11) is -3.04. The highest BCUT2D eigenvalue weighted by atomic mass is 35.5. The molecular weight excluding hydrogens is 236 g/mol. The van der Waals surface area contributed by atoms with E-state index in [4.69, 9.17) is 17.3 Å². The molecule has 4 nitrogen and oxygen atoms in total. The van der Waals surface area contributed by atoms with E-state index in [1.165, 1.54) is 12.5 Å². The van der Waals surface area contributed by atoms with Gasteiger partial charge in [-0.15, -0.1) is 0 Å². The Morgan fingerprint density at radius 2 is 2.27 bits per heavy atom. The van der Waals surface area contributed by atoms with Crippen LogP contribution < -0.4 is 5.73 Å². The van der Waals surface area contributed by atoms with Gasteiger partial charge in [0.25, 0.3) is 0 Å². The molecule has 84 valence electrons. The van der Waals surface area contributed by atoms with Crippen LogP contribution in [0.1, 0.15) is 5.56 Å². The summed E-state index contributed by atoms with van der Waals surface area (Å²) in [6.45, 7) is 0. The van der Waals surface area contributed by atoms with Crippen LogP contribution >= 0.6 is 11.6 Å². The first-order chi connectivity index (χ1) is 6.88. The second kappa shape index (κ2) is 4.92. The van der Waals surface area contributed by atoms with E-state index in [0.717, 1.165) is 5.56 Å². The van der Waals surface area contributed by atoms with Crippen LogP contribution in [0.25, 0.3) is 0 Å². The molecule has 0 aliphatic rings. The average molecular weight is 249 g/mol. The molecular formula is C9H13ClN2O2S. The van der Waals surface area contributed by atoms with E-state index < -0.39 is 15.9 Å². The Morgan fingerprint density at radius 3 is 2.80 bits per heavy atom. The summed E-state index contributed by atoms with van der Waals surface area (Å²) in [6.07, 6.45) is 4.73. The molecule has 0 fully saturated rings. The van der Waals surface area contributed by atoms with E-state index in [1.54, 1.807) is 12.3 Å². The summed E-state index contributed by atoms with van der Waals surface area (Å²) >= 11 is 5.87. The molecule has 15 heavy (non-hydrogen) atoms. The average Bonchev–Trinajstić information content (AvgIpc) is 2.05. The minimum Gasteiger partial charge on any atom is -0.326 e. The van der Waals surface area contributed by atoms with Crippen molar-refractivity contribution in [3.05, 3.63) is 29.0 Å². The molecule has 2 N–H and O–H groups in total. The number of sulfone groups is 1. The lowest BCUT2D eigenvalue weighted by Gasteiger charge is -2.10. The number of hydrogen-bond donors (Lipinski definition) is 1. The SMILES string of the molecule is CS(=O)(=O)CC(N)Cc1ccncc1Cl. The van der Waals surface area contributed by atoms with Gasteiger partial charge < -0.3 is 5.73 Å². The van der Waals surface area contributed by atoms with E-state index >= 15 is 0 Å². The van der Waals surface area contributed by atoms with Crippen molar-refractivity contribution >= 4 is 21.4 Å². The zero-order valence-corrected chi connectivity index (χ0v) is 9.92. The summed E-state index contributed by atoms with van der Waals surface area (Å²) in [5.74, 6) is -0.0361. The lowest BCUT2D eigenvalue weighted by atomic mass is 10.1. The molecule has 1 aromatic heterocycles. The quantitative estimate of drug-likeness (QED) is 0.849. The van der Waals surface area contributed by atoms with Gasteiger partial charge >= 0.3 is 0 Å². The second-order valence-corrected chi connectivity index (χ2v) is 6.12. The van der Waals surface area contributed by atoms with E-state index in [-0.39, 0.29) is 5.75 Å². The van der Waals surface area contributed by atoms with Crippen LogP contribution in [0.5, 0.6) is 0 Å². The van der Waals surface area contributed by atoms with Crippen molar-refractivity contribution in [2.24, 2.45) is 5.73 Å². The summed E-state index contributed by atoms with van der Waals surface area (Å²) in [5.41, 5.74) is 6.52. The van der Waals surface area contributed by atoms with Gasteiger partial charge in [-0.05, 0) is 18.1 Å². The van der Waals surface area contributed by atoms with Gasteiger partial charge in [0.15, 0.2) is 0 Å². The third-order valence-electron chi connectivity index (χ3n) is 1.86. The molecule has 0 aliphatic heterocycles. The van der Waals surface area contributed by atoms with Crippen LogP contribution in [-0.4, -0.2) is 31.5 Å². The fraction of sp³-hybridized carbons (Fsp3) is 0.444. The normalized spacial score (nSPS) is 13.8. The zero-order chi connectivity index (χ0) is 11.5. The molecule has 0 spiro atoms. The van der Waals surface area contributed by atoms with Gasteiger partial charge in [0.05, 0.1) is 10.8 Å². The Morgan fingerprint density at radius 1 is 1.60 bits per heavy atom. The molecule has 1 unspecified atom stereocenters. The molecule has 1 aromatic rings. The molecule has 1 heterocycles. The maximum Gasteiger partial charge on any atom is 0.148 e. The predicted octanol–water partition coefficient (Wildman–Crippen LogP) is 0.649. The molecule has 0 amide bonds.